The Kier molecular flexibility index (Phi) is 6.75. The van der Waals surface area contributed by atoms with Crippen molar-refractivity contribution in [3.63, 3.8) is 0 Å². The van der Waals surface area contributed by atoms with Gasteiger partial charge in [-0.1, -0.05) is 6.08 Å². The number of carbonyl (C=O) groups excluding carboxylic acids is 1. The topological polar surface area (TPSA) is 113 Å². The van der Waals surface area contributed by atoms with Gasteiger partial charge in [0.05, 0.1) is 5.92 Å². The SMILES string of the molecule is C=CC[C@@H](C[C@H](NC(=O)OC(C)(C)C)C(=O)O)C(=O)O. The Morgan fingerprint density at radius 1 is 1.25 bits per heavy atom. The average Bonchev–Trinajstić information content (AvgIpc) is 2.24. The normalized spacial score (nSPS) is 13.9. The monoisotopic (exact) mass is 287 g/mol. The Morgan fingerprint density at radius 2 is 1.80 bits per heavy atom. The van der Waals surface area contributed by atoms with Crippen molar-refractivity contribution < 1.29 is 29.3 Å². The number of carboxylic acids is 2. The highest BCUT2D eigenvalue weighted by Gasteiger charge is 2.29. The zero-order valence-corrected chi connectivity index (χ0v) is 11.9. The van der Waals surface area contributed by atoms with Crippen LogP contribution in [0, 0.1) is 5.92 Å². The second kappa shape index (κ2) is 7.52. The summed E-state index contributed by atoms with van der Waals surface area (Å²) >= 11 is 0. The van der Waals surface area contributed by atoms with Crippen molar-refractivity contribution in [2.24, 2.45) is 5.92 Å². The molecule has 0 saturated carbocycles. The minimum atomic E-state index is -1.33. The van der Waals surface area contributed by atoms with Gasteiger partial charge in [-0.15, -0.1) is 6.58 Å². The lowest BCUT2D eigenvalue weighted by molar-refractivity contribution is -0.144. The highest BCUT2D eigenvalue weighted by atomic mass is 16.6. The van der Waals surface area contributed by atoms with Crippen molar-refractivity contribution in [1.29, 1.82) is 0 Å². The van der Waals surface area contributed by atoms with Crippen LogP contribution in [-0.2, 0) is 14.3 Å². The van der Waals surface area contributed by atoms with Crippen LogP contribution in [-0.4, -0.2) is 39.9 Å². The van der Waals surface area contributed by atoms with Gasteiger partial charge in [-0.05, 0) is 33.6 Å². The fourth-order valence-corrected chi connectivity index (χ4v) is 1.45. The van der Waals surface area contributed by atoms with Crippen LogP contribution in [0.1, 0.15) is 33.6 Å². The quantitative estimate of drug-likeness (QED) is 0.613. The predicted molar refractivity (Wildman–Crippen MR) is 71.4 cm³/mol. The molecule has 114 valence electrons. The van der Waals surface area contributed by atoms with Gasteiger partial charge in [-0.2, -0.15) is 0 Å². The lowest BCUT2D eigenvalue weighted by atomic mass is 9.96. The lowest BCUT2D eigenvalue weighted by Crippen LogP contribution is -2.45. The highest BCUT2D eigenvalue weighted by Crippen LogP contribution is 2.14. The third-order valence-corrected chi connectivity index (χ3v) is 2.31. The molecule has 7 heteroatoms. The second-order valence-electron chi connectivity index (χ2n) is 5.33. The Labute approximate surface area is 117 Å². The van der Waals surface area contributed by atoms with Crippen LogP contribution in [0.15, 0.2) is 12.7 Å². The molecule has 1 amide bonds. The molecular formula is C13H21NO6. The number of hydrogen-bond acceptors (Lipinski definition) is 4. The third-order valence-electron chi connectivity index (χ3n) is 2.31. The number of ether oxygens (including phenoxy) is 1. The molecule has 0 aliphatic carbocycles. The molecule has 0 heterocycles. The molecule has 0 unspecified atom stereocenters. The third kappa shape index (κ3) is 7.40. The van der Waals surface area contributed by atoms with E-state index in [1.54, 1.807) is 20.8 Å². The highest BCUT2D eigenvalue weighted by molar-refractivity contribution is 5.81. The molecule has 0 spiro atoms. The van der Waals surface area contributed by atoms with E-state index in [1.165, 1.54) is 6.08 Å². The van der Waals surface area contributed by atoms with E-state index in [4.69, 9.17) is 14.9 Å². The van der Waals surface area contributed by atoms with Crippen LogP contribution in [0.25, 0.3) is 0 Å². The number of carbonyl (C=O) groups is 3. The first-order valence-electron chi connectivity index (χ1n) is 6.13. The molecule has 0 aromatic carbocycles. The molecule has 2 atom stereocenters. The molecule has 0 radical (unpaired) electrons. The molecular weight excluding hydrogens is 266 g/mol. The average molecular weight is 287 g/mol. The second-order valence-corrected chi connectivity index (χ2v) is 5.33. The summed E-state index contributed by atoms with van der Waals surface area (Å²) in [6.07, 6.45) is 0.378. The number of aliphatic carboxylic acids is 2. The van der Waals surface area contributed by atoms with Gasteiger partial charge < -0.3 is 20.3 Å². The van der Waals surface area contributed by atoms with E-state index in [0.717, 1.165) is 0 Å². The molecule has 0 fully saturated rings. The summed E-state index contributed by atoms with van der Waals surface area (Å²) < 4.78 is 4.94. The van der Waals surface area contributed by atoms with Gasteiger partial charge >= 0.3 is 18.0 Å². The molecule has 7 nitrogen and oxygen atoms in total. The zero-order chi connectivity index (χ0) is 15.9. The van der Waals surface area contributed by atoms with Gasteiger partial charge in [0.1, 0.15) is 11.6 Å². The molecule has 0 aliphatic rings. The number of amides is 1. The molecule has 0 aromatic rings. The fourth-order valence-electron chi connectivity index (χ4n) is 1.45. The summed E-state index contributed by atoms with van der Waals surface area (Å²) in [4.78, 5) is 33.6. The first kappa shape index (κ1) is 17.9. The number of nitrogens with one attached hydrogen (secondary N) is 1. The number of allylic oxidation sites excluding steroid dienone is 1. The first-order chi connectivity index (χ1) is 9.06. The van der Waals surface area contributed by atoms with E-state index in [2.05, 4.69) is 11.9 Å². The largest absolute Gasteiger partial charge is 0.481 e. The van der Waals surface area contributed by atoms with E-state index in [9.17, 15) is 14.4 Å². The van der Waals surface area contributed by atoms with E-state index >= 15 is 0 Å². The van der Waals surface area contributed by atoms with Crippen LogP contribution in [0.2, 0.25) is 0 Å². The molecule has 0 aromatic heterocycles. The zero-order valence-electron chi connectivity index (χ0n) is 11.9. The summed E-state index contributed by atoms with van der Waals surface area (Å²) in [6.45, 7) is 8.34. The van der Waals surface area contributed by atoms with Crippen LogP contribution in [0.4, 0.5) is 4.79 Å². The van der Waals surface area contributed by atoms with E-state index in [0.29, 0.717) is 0 Å². The Balaban J connectivity index is 4.73. The van der Waals surface area contributed by atoms with Gasteiger partial charge in [-0.25, -0.2) is 9.59 Å². The van der Waals surface area contributed by atoms with Gasteiger partial charge in [0.25, 0.3) is 0 Å². The number of carboxylic acid groups (broad SMARTS) is 2. The van der Waals surface area contributed by atoms with Crippen molar-refractivity contribution in [1.82, 2.24) is 5.32 Å². The molecule has 0 aliphatic heterocycles. The van der Waals surface area contributed by atoms with Gasteiger partial charge in [0.2, 0.25) is 0 Å². The summed E-state index contributed by atoms with van der Waals surface area (Å²) in [7, 11) is 0. The van der Waals surface area contributed by atoms with E-state index in [-0.39, 0.29) is 12.8 Å². The van der Waals surface area contributed by atoms with Crippen LogP contribution >= 0.6 is 0 Å². The molecule has 3 N–H and O–H groups in total. The van der Waals surface area contributed by atoms with E-state index in [1.807, 2.05) is 0 Å². The molecule has 20 heavy (non-hydrogen) atoms. The Bertz CT molecular complexity index is 385. The number of alkyl carbamates (subject to hydrolysis) is 1. The van der Waals surface area contributed by atoms with Crippen molar-refractivity contribution in [2.45, 2.75) is 45.3 Å². The molecule has 0 bridgehead atoms. The van der Waals surface area contributed by atoms with E-state index < -0.39 is 35.6 Å². The lowest BCUT2D eigenvalue weighted by Gasteiger charge is -2.23. The van der Waals surface area contributed by atoms with Crippen molar-refractivity contribution in [3.8, 4) is 0 Å². The predicted octanol–water partition coefficient (Wildman–Crippen LogP) is 1.63. The van der Waals surface area contributed by atoms with Crippen molar-refractivity contribution in [3.05, 3.63) is 12.7 Å². The smallest absolute Gasteiger partial charge is 0.408 e. The Morgan fingerprint density at radius 3 is 2.15 bits per heavy atom. The van der Waals surface area contributed by atoms with Gasteiger partial charge in [0, 0.05) is 0 Å². The minimum Gasteiger partial charge on any atom is -0.481 e. The standard InChI is InChI=1S/C13H21NO6/c1-5-6-8(10(15)16)7-9(11(17)18)14-12(19)20-13(2,3)4/h5,8-9H,1,6-7H2,2-4H3,(H,14,19)(H,15,16)(H,17,18)/t8-,9-/m0/s1. The van der Waals surface area contributed by atoms with Crippen molar-refractivity contribution in [2.75, 3.05) is 0 Å². The summed E-state index contributed by atoms with van der Waals surface area (Å²) in [6, 6.07) is -1.33. The minimum absolute atomic E-state index is 0.120. The molecule has 0 saturated heterocycles. The number of hydrogen-bond donors (Lipinski definition) is 3. The maximum absolute atomic E-state index is 11.5. The van der Waals surface area contributed by atoms with Crippen LogP contribution < -0.4 is 5.32 Å². The maximum Gasteiger partial charge on any atom is 0.408 e. The van der Waals surface area contributed by atoms with Crippen molar-refractivity contribution >= 4 is 18.0 Å². The van der Waals surface area contributed by atoms with Gasteiger partial charge in [-0.3, -0.25) is 4.79 Å². The fraction of sp³-hybridized carbons (Fsp3) is 0.615. The maximum atomic E-state index is 11.5. The summed E-state index contributed by atoms with van der Waals surface area (Å²) in [5.41, 5.74) is -0.763. The van der Waals surface area contributed by atoms with Crippen LogP contribution in [0.3, 0.4) is 0 Å². The molecule has 0 rings (SSSR count). The number of rotatable bonds is 7. The summed E-state index contributed by atoms with van der Waals surface area (Å²) in [5.74, 6) is -3.38. The Hall–Kier alpha value is -2.05. The van der Waals surface area contributed by atoms with Gasteiger partial charge in [0.15, 0.2) is 0 Å². The van der Waals surface area contributed by atoms with Crippen LogP contribution in [0.5, 0.6) is 0 Å². The summed E-state index contributed by atoms with van der Waals surface area (Å²) in [5, 5.41) is 20.2. The first-order valence-corrected chi connectivity index (χ1v) is 6.13.